The number of carbonyl (C=O) groups excluding carboxylic acids is 1. The van der Waals surface area contributed by atoms with Crippen LogP contribution in [0.15, 0.2) is 24.3 Å². The van der Waals surface area contributed by atoms with Gasteiger partial charge in [0, 0.05) is 20.0 Å². The van der Waals surface area contributed by atoms with Crippen molar-refractivity contribution < 1.29 is 19.1 Å². The van der Waals surface area contributed by atoms with E-state index in [1.54, 1.807) is 25.2 Å². The van der Waals surface area contributed by atoms with Gasteiger partial charge < -0.3 is 10.0 Å². The van der Waals surface area contributed by atoms with Crippen molar-refractivity contribution in [3.63, 3.8) is 0 Å². The fraction of sp³-hybridized carbons (Fsp3) is 0.429. The van der Waals surface area contributed by atoms with Crippen molar-refractivity contribution in [2.75, 3.05) is 13.6 Å². The smallest absolute Gasteiger partial charge is 0.306 e. The molecule has 5 heteroatoms. The Balaban J connectivity index is 2.47. The van der Waals surface area contributed by atoms with Crippen LogP contribution in [0.1, 0.15) is 18.9 Å². The topological polar surface area (TPSA) is 57.6 Å². The van der Waals surface area contributed by atoms with Gasteiger partial charge in [0.1, 0.15) is 5.82 Å². The molecule has 0 saturated carbocycles. The summed E-state index contributed by atoms with van der Waals surface area (Å²) in [6.07, 6.45) is 0.374. The van der Waals surface area contributed by atoms with Crippen molar-refractivity contribution in [2.45, 2.75) is 19.8 Å². The standard InChI is InChI=1S/C14H18FNO3/c1-10(14(18)19)9-13(17)16(2)8-7-11-5-3-4-6-12(11)15/h3-6,10H,7-9H2,1-2H3,(H,18,19). The highest BCUT2D eigenvalue weighted by atomic mass is 19.1. The van der Waals surface area contributed by atoms with E-state index in [0.717, 1.165) is 0 Å². The molecule has 1 amide bonds. The van der Waals surface area contributed by atoms with Gasteiger partial charge in [-0.25, -0.2) is 4.39 Å². The zero-order chi connectivity index (χ0) is 14.4. The van der Waals surface area contributed by atoms with Crippen LogP contribution in [-0.2, 0) is 16.0 Å². The maximum atomic E-state index is 13.4. The predicted molar refractivity (Wildman–Crippen MR) is 69.2 cm³/mol. The maximum Gasteiger partial charge on any atom is 0.306 e. The number of hydrogen-bond donors (Lipinski definition) is 1. The Hall–Kier alpha value is -1.91. The minimum Gasteiger partial charge on any atom is -0.481 e. The lowest BCUT2D eigenvalue weighted by atomic mass is 10.1. The van der Waals surface area contributed by atoms with E-state index in [4.69, 9.17) is 5.11 Å². The summed E-state index contributed by atoms with van der Waals surface area (Å²) < 4.78 is 13.4. The van der Waals surface area contributed by atoms with Crippen LogP contribution in [0.25, 0.3) is 0 Å². The van der Waals surface area contributed by atoms with E-state index in [-0.39, 0.29) is 18.1 Å². The number of likely N-dealkylation sites (N-methyl/N-ethyl adjacent to an activating group) is 1. The van der Waals surface area contributed by atoms with Gasteiger partial charge in [-0.3, -0.25) is 9.59 Å². The molecule has 4 nitrogen and oxygen atoms in total. The summed E-state index contributed by atoms with van der Waals surface area (Å²) in [6.45, 7) is 1.86. The quantitative estimate of drug-likeness (QED) is 0.857. The third-order valence-corrected chi connectivity index (χ3v) is 3.00. The zero-order valence-corrected chi connectivity index (χ0v) is 11.1. The van der Waals surface area contributed by atoms with Gasteiger partial charge in [0.2, 0.25) is 5.91 Å². The number of aliphatic carboxylic acids is 1. The molecule has 0 heterocycles. The highest BCUT2D eigenvalue weighted by molar-refractivity contribution is 5.81. The Morgan fingerprint density at radius 3 is 2.58 bits per heavy atom. The summed E-state index contributed by atoms with van der Waals surface area (Å²) in [5.74, 6) is -2.23. The number of amides is 1. The largest absolute Gasteiger partial charge is 0.481 e. The van der Waals surface area contributed by atoms with Gasteiger partial charge in [0.05, 0.1) is 5.92 Å². The minimum absolute atomic E-state index is 0.0386. The predicted octanol–water partition coefficient (Wildman–Crippen LogP) is 1.94. The van der Waals surface area contributed by atoms with E-state index in [2.05, 4.69) is 0 Å². The molecule has 0 aliphatic heterocycles. The van der Waals surface area contributed by atoms with Crippen molar-refractivity contribution in [3.05, 3.63) is 35.6 Å². The molecule has 0 aromatic heterocycles. The van der Waals surface area contributed by atoms with Crippen LogP contribution >= 0.6 is 0 Å². The Morgan fingerprint density at radius 1 is 1.37 bits per heavy atom. The van der Waals surface area contributed by atoms with E-state index in [0.29, 0.717) is 18.5 Å². The molecule has 1 aromatic rings. The second-order valence-electron chi connectivity index (χ2n) is 4.60. The van der Waals surface area contributed by atoms with Crippen molar-refractivity contribution in [3.8, 4) is 0 Å². The number of carbonyl (C=O) groups is 2. The van der Waals surface area contributed by atoms with Gasteiger partial charge in [-0.1, -0.05) is 25.1 Å². The average Bonchev–Trinajstić information content (AvgIpc) is 2.37. The number of benzene rings is 1. The van der Waals surface area contributed by atoms with Gasteiger partial charge in [0.25, 0.3) is 0 Å². The number of carboxylic acids is 1. The van der Waals surface area contributed by atoms with Gasteiger partial charge in [-0.05, 0) is 18.1 Å². The number of rotatable bonds is 6. The summed E-state index contributed by atoms with van der Waals surface area (Å²) in [7, 11) is 1.59. The number of carboxylic acid groups (broad SMARTS) is 1. The van der Waals surface area contributed by atoms with Crippen LogP contribution in [0.4, 0.5) is 4.39 Å². The van der Waals surface area contributed by atoms with Crippen LogP contribution in [0.2, 0.25) is 0 Å². The third kappa shape index (κ3) is 4.69. The Bertz CT molecular complexity index is 462. The van der Waals surface area contributed by atoms with Gasteiger partial charge in [-0.15, -0.1) is 0 Å². The molecular weight excluding hydrogens is 249 g/mol. The summed E-state index contributed by atoms with van der Waals surface area (Å²) >= 11 is 0. The van der Waals surface area contributed by atoms with Crippen molar-refractivity contribution in [1.82, 2.24) is 4.90 Å². The van der Waals surface area contributed by atoms with Gasteiger partial charge in [0.15, 0.2) is 0 Å². The molecule has 0 fully saturated rings. The maximum absolute atomic E-state index is 13.4. The van der Waals surface area contributed by atoms with Crippen molar-refractivity contribution in [1.29, 1.82) is 0 Å². The Labute approximate surface area is 111 Å². The van der Waals surface area contributed by atoms with Gasteiger partial charge in [-0.2, -0.15) is 0 Å². The molecular formula is C14H18FNO3. The third-order valence-electron chi connectivity index (χ3n) is 3.00. The summed E-state index contributed by atoms with van der Waals surface area (Å²) in [5, 5.41) is 8.74. The fourth-order valence-electron chi connectivity index (χ4n) is 1.62. The highest BCUT2D eigenvalue weighted by Gasteiger charge is 2.18. The molecule has 0 aliphatic rings. The van der Waals surface area contributed by atoms with Crippen LogP contribution in [0.3, 0.4) is 0 Å². The first-order valence-corrected chi connectivity index (χ1v) is 6.12. The SMILES string of the molecule is CC(CC(=O)N(C)CCc1ccccc1F)C(=O)O. The lowest BCUT2D eigenvalue weighted by Crippen LogP contribution is -2.31. The van der Waals surface area contributed by atoms with E-state index in [1.807, 2.05) is 0 Å². The average molecular weight is 267 g/mol. The van der Waals surface area contributed by atoms with Crippen LogP contribution in [-0.4, -0.2) is 35.5 Å². The summed E-state index contributed by atoms with van der Waals surface area (Å²) in [4.78, 5) is 23.8. The Kier molecular flexibility index (Phi) is 5.48. The minimum atomic E-state index is -0.990. The highest BCUT2D eigenvalue weighted by Crippen LogP contribution is 2.09. The molecule has 0 bridgehead atoms. The van der Waals surface area contributed by atoms with E-state index >= 15 is 0 Å². The molecule has 0 aliphatic carbocycles. The second-order valence-corrected chi connectivity index (χ2v) is 4.60. The molecule has 1 N–H and O–H groups in total. The molecule has 19 heavy (non-hydrogen) atoms. The summed E-state index contributed by atoms with van der Waals surface area (Å²) in [5.41, 5.74) is 0.549. The molecule has 1 atom stereocenters. The van der Waals surface area contributed by atoms with Crippen LogP contribution < -0.4 is 0 Å². The monoisotopic (exact) mass is 267 g/mol. The fourth-order valence-corrected chi connectivity index (χ4v) is 1.62. The van der Waals surface area contributed by atoms with Crippen LogP contribution in [0, 0.1) is 11.7 Å². The van der Waals surface area contributed by atoms with Crippen molar-refractivity contribution in [2.24, 2.45) is 5.92 Å². The molecule has 0 radical (unpaired) electrons. The normalized spacial score (nSPS) is 11.9. The lowest BCUT2D eigenvalue weighted by molar-refractivity contribution is -0.144. The second kappa shape index (κ2) is 6.87. The number of halogens is 1. The molecule has 1 rings (SSSR count). The number of nitrogens with zero attached hydrogens (tertiary/aromatic N) is 1. The molecule has 1 aromatic carbocycles. The zero-order valence-electron chi connectivity index (χ0n) is 11.1. The first kappa shape index (κ1) is 15.1. The molecule has 104 valence electrons. The van der Waals surface area contributed by atoms with E-state index in [9.17, 15) is 14.0 Å². The number of hydrogen-bond acceptors (Lipinski definition) is 2. The molecule has 0 saturated heterocycles. The van der Waals surface area contributed by atoms with E-state index < -0.39 is 11.9 Å². The summed E-state index contributed by atoms with van der Waals surface area (Å²) in [6, 6.07) is 6.41. The van der Waals surface area contributed by atoms with E-state index in [1.165, 1.54) is 17.9 Å². The first-order chi connectivity index (χ1) is 8.91. The Morgan fingerprint density at radius 2 is 2.00 bits per heavy atom. The molecule has 1 unspecified atom stereocenters. The van der Waals surface area contributed by atoms with Crippen LogP contribution in [0.5, 0.6) is 0 Å². The molecule has 0 spiro atoms. The van der Waals surface area contributed by atoms with Gasteiger partial charge >= 0.3 is 5.97 Å². The van der Waals surface area contributed by atoms with Crippen molar-refractivity contribution >= 4 is 11.9 Å². The first-order valence-electron chi connectivity index (χ1n) is 6.12. The lowest BCUT2D eigenvalue weighted by Gasteiger charge is -2.18.